The Bertz CT molecular complexity index is 472. The quantitative estimate of drug-likeness (QED) is 0.779. The van der Waals surface area contributed by atoms with E-state index >= 15 is 0 Å². The van der Waals surface area contributed by atoms with Gasteiger partial charge in [0.1, 0.15) is 0 Å². The molecule has 1 spiro atoms. The number of β-amino-alcohol motifs (C(OH)–C–C–N with tert-alkyl or cyclic N) is 1. The number of piperidine rings is 1. The van der Waals surface area contributed by atoms with Gasteiger partial charge in [-0.1, -0.05) is 13.8 Å². The number of amides is 2. The van der Waals surface area contributed by atoms with E-state index < -0.39 is 6.10 Å². The van der Waals surface area contributed by atoms with E-state index in [-0.39, 0.29) is 23.3 Å². The summed E-state index contributed by atoms with van der Waals surface area (Å²) in [6.07, 6.45) is 2.57. The van der Waals surface area contributed by atoms with Gasteiger partial charge in [0.05, 0.1) is 12.1 Å². The molecule has 3 rings (SSSR count). The Morgan fingerprint density at radius 2 is 2.09 bits per heavy atom. The Morgan fingerprint density at radius 3 is 2.65 bits per heavy atom. The molecule has 0 aromatic heterocycles. The second kappa shape index (κ2) is 6.40. The maximum absolute atomic E-state index is 12.5. The molecular formula is C17H29N3O3. The molecule has 2 N–H and O–H groups in total. The third-order valence-corrected chi connectivity index (χ3v) is 5.53. The second-order valence-electron chi connectivity index (χ2n) is 8.02. The van der Waals surface area contributed by atoms with Gasteiger partial charge in [0.25, 0.3) is 0 Å². The van der Waals surface area contributed by atoms with Gasteiger partial charge < -0.3 is 20.2 Å². The Balaban J connectivity index is 1.54. The van der Waals surface area contributed by atoms with Gasteiger partial charge in [0, 0.05) is 44.6 Å². The molecule has 0 saturated carbocycles. The summed E-state index contributed by atoms with van der Waals surface area (Å²) in [6, 6.07) is -0.235. The predicted molar refractivity (Wildman–Crippen MR) is 86.7 cm³/mol. The third-order valence-electron chi connectivity index (χ3n) is 5.53. The normalized spacial score (nSPS) is 30.7. The molecule has 0 aliphatic carbocycles. The summed E-state index contributed by atoms with van der Waals surface area (Å²) < 4.78 is 0. The molecule has 2 atom stereocenters. The van der Waals surface area contributed by atoms with Crippen molar-refractivity contribution in [3.05, 3.63) is 0 Å². The largest absolute Gasteiger partial charge is 0.392 e. The first-order chi connectivity index (χ1) is 10.9. The van der Waals surface area contributed by atoms with Crippen molar-refractivity contribution in [3.8, 4) is 0 Å². The van der Waals surface area contributed by atoms with Crippen molar-refractivity contribution in [3.63, 3.8) is 0 Å². The van der Waals surface area contributed by atoms with Crippen LogP contribution in [-0.2, 0) is 9.59 Å². The van der Waals surface area contributed by atoms with Crippen molar-refractivity contribution in [2.45, 2.75) is 51.7 Å². The van der Waals surface area contributed by atoms with Crippen LogP contribution in [0.5, 0.6) is 0 Å². The zero-order valence-corrected chi connectivity index (χ0v) is 14.3. The van der Waals surface area contributed by atoms with Gasteiger partial charge in [0.2, 0.25) is 11.8 Å². The molecular weight excluding hydrogens is 294 g/mol. The molecule has 23 heavy (non-hydrogen) atoms. The maximum Gasteiger partial charge on any atom is 0.239 e. The molecule has 2 unspecified atom stereocenters. The number of carbonyl (C=O) groups is 2. The molecule has 130 valence electrons. The van der Waals surface area contributed by atoms with Crippen LogP contribution in [0.25, 0.3) is 0 Å². The van der Waals surface area contributed by atoms with Gasteiger partial charge in [-0.3, -0.25) is 9.59 Å². The van der Waals surface area contributed by atoms with Crippen LogP contribution in [-0.4, -0.2) is 71.6 Å². The maximum atomic E-state index is 12.5. The van der Waals surface area contributed by atoms with E-state index in [0.717, 1.165) is 39.0 Å². The fourth-order valence-corrected chi connectivity index (χ4v) is 4.25. The number of aliphatic hydroxyl groups excluding tert-OH is 1. The molecule has 0 bridgehead atoms. The lowest BCUT2D eigenvalue weighted by molar-refractivity contribution is -0.135. The lowest BCUT2D eigenvalue weighted by Gasteiger charge is -2.39. The Labute approximate surface area is 138 Å². The molecule has 6 heteroatoms. The molecule has 2 amide bonds. The SMILES string of the molecule is CC(C)CN1CC2(CCN(C(=O)C3CC(O)CN3)CC2)CC1=O. The van der Waals surface area contributed by atoms with Gasteiger partial charge >= 0.3 is 0 Å². The summed E-state index contributed by atoms with van der Waals surface area (Å²) in [5.74, 6) is 0.884. The number of rotatable bonds is 3. The van der Waals surface area contributed by atoms with Crippen LogP contribution >= 0.6 is 0 Å². The second-order valence-corrected chi connectivity index (χ2v) is 8.02. The monoisotopic (exact) mass is 323 g/mol. The van der Waals surface area contributed by atoms with E-state index in [1.54, 1.807) is 0 Å². The van der Waals surface area contributed by atoms with E-state index in [4.69, 9.17) is 0 Å². The number of hydrogen-bond acceptors (Lipinski definition) is 4. The van der Waals surface area contributed by atoms with Crippen molar-refractivity contribution in [2.75, 3.05) is 32.7 Å². The third kappa shape index (κ3) is 3.53. The highest BCUT2D eigenvalue weighted by Gasteiger charge is 2.46. The Hall–Kier alpha value is -1.14. The fourth-order valence-electron chi connectivity index (χ4n) is 4.25. The van der Waals surface area contributed by atoms with Crippen LogP contribution in [0.1, 0.15) is 39.5 Å². The van der Waals surface area contributed by atoms with Crippen LogP contribution in [0.2, 0.25) is 0 Å². The summed E-state index contributed by atoms with van der Waals surface area (Å²) in [5, 5.41) is 12.7. The van der Waals surface area contributed by atoms with E-state index in [1.807, 2.05) is 9.80 Å². The van der Waals surface area contributed by atoms with Crippen molar-refractivity contribution < 1.29 is 14.7 Å². The minimum absolute atomic E-state index is 0.0748. The van der Waals surface area contributed by atoms with Crippen LogP contribution in [0.15, 0.2) is 0 Å². The molecule has 3 heterocycles. The van der Waals surface area contributed by atoms with Crippen molar-refractivity contribution >= 4 is 11.8 Å². The van der Waals surface area contributed by atoms with Crippen LogP contribution in [0.4, 0.5) is 0 Å². The van der Waals surface area contributed by atoms with E-state index in [1.165, 1.54) is 0 Å². The average Bonchev–Trinajstić information content (AvgIpc) is 3.04. The molecule has 6 nitrogen and oxygen atoms in total. The van der Waals surface area contributed by atoms with Gasteiger partial charge in [0.15, 0.2) is 0 Å². The predicted octanol–water partition coefficient (Wildman–Crippen LogP) is 0.206. The average molecular weight is 323 g/mol. The summed E-state index contributed by atoms with van der Waals surface area (Å²) >= 11 is 0. The molecule has 3 aliphatic rings. The topological polar surface area (TPSA) is 72.9 Å². The van der Waals surface area contributed by atoms with Gasteiger partial charge in [-0.25, -0.2) is 0 Å². The van der Waals surface area contributed by atoms with E-state index in [0.29, 0.717) is 25.3 Å². The number of hydrogen-bond donors (Lipinski definition) is 2. The molecule has 0 aromatic rings. The number of nitrogens with one attached hydrogen (secondary N) is 1. The van der Waals surface area contributed by atoms with Gasteiger partial charge in [-0.15, -0.1) is 0 Å². The van der Waals surface area contributed by atoms with Crippen LogP contribution in [0, 0.1) is 11.3 Å². The molecule has 3 aliphatic heterocycles. The highest BCUT2D eigenvalue weighted by molar-refractivity contribution is 5.83. The first-order valence-corrected chi connectivity index (χ1v) is 8.86. The molecule has 3 fully saturated rings. The summed E-state index contributed by atoms with van der Waals surface area (Å²) in [4.78, 5) is 28.7. The molecule has 0 aromatic carbocycles. The zero-order valence-electron chi connectivity index (χ0n) is 14.3. The van der Waals surface area contributed by atoms with Gasteiger partial charge in [-0.2, -0.15) is 0 Å². The minimum Gasteiger partial charge on any atom is -0.392 e. The highest BCUT2D eigenvalue weighted by atomic mass is 16.3. The number of aliphatic hydroxyl groups is 1. The zero-order chi connectivity index (χ0) is 16.6. The standard InChI is InChI=1S/C17H29N3O3/c1-12(2)10-20-11-17(8-15(20)22)3-5-19(6-4-17)16(23)14-7-13(21)9-18-14/h12-14,18,21H,3-11H2,1-2H3. The number of nitrogens with zero attached hydrogens (tertiary/aromatic N) is 2. The Kier molecular flexibility index (Phi) is 4.65. The van der Waals surface area contributed by atoms with Crippen LogP contribution < -0.4 is 5.32 Å². The smallest absolute Gasteiger partial charge is 0.239 e. The van der Waals surface area contributed by atoms with Gasteiger partial charge in [-0.05, 0) is 25.2 Å². The summed E-state index contributed by atoms with van der Waals surface area (Å²) in [5.41, 5.74) is 0.0748. The number of likely N-dealkylation sites (tertiary alicyclic amines) is 2. The van der Waals surface area contributed by atoms with Crippen LogP contribution in [0.3, 0.4) is 0 Å². The molecule has 0 radical (unpaired) electrons. The molecule has 3 saturated heterocycles. The number of carbonyl (C=O) groups excluding carboxylic acids is 2. The Morgan fingerprint density at radius 1 is 1.39 bits per heavy atom. The van der Waals surface area contributed by atoms with E-state index in [2.05, 4.69) is 19.2 Å². The summed E-state index contributed by atoms with van der Waals surface area (Å²) in [7, 11) is 0. The minimum atomic E-state index is -0.405. The first kappa shape index (κ1) is 16.7. The lowest BCUT2D eigenvalue weighted by atomic mass is 9.77. The van der Waals surface area contributed by atoms with E-state index in [9.17, 15) is 14.7 Å². The summed E-state index contributed by atoms with van der Waals surface area (Å²) in [6.45, 7) is 7.95. The fraction of sp³-hybridized carbons (Fsp3) is 0.882. The van der Waals surface area contributed by atoms with Crippen molar-refractivity contribution in [1.29, 1.82) is 0 Å². The first-order valence-electron chi connectivity index (χ1n) is 8.86. The van der Waals surface area contributed by atoms with Crippen molar-refractivity contribution in [1.82, 2.24) is 15.1 Å². The van der Waals surface area contributed by atoms with Crippen molar-refractivity contribution in [2.24, 2.45) is 11.3 Å². The highest BCUT2D eigenvalue weighted by Crippen LogP contribution is 2.41. The lowest BCUT2D eigenvalue weighted by Crippen LogP contribution is -2.49.